The van der Waals surface area contributed by atoms with Gasteiger partial charge in [-0.3, -0.25) is 4.79 Å². The van der Waals surface area contributed by atoms with Gasteiger partial charge in [-0.1, -0.05) is 53.6 Å². The van der Waals surface area contributed by atoms with Crippen LogP contribution in [0.1, 0.15) is 21.5 Å². The van der Waals surface area contributed by atoms with Crippen molar-refractivity contribution in [3.63, 3.8) is 0 Å². The van der Waals surface area contributed by atoms with Crippen molar-refractivity contribution in [1.82, 2.24) is 4.98 Å². The third-order valence-corrected chi connectivity index (χ3v) is 3.73. The quantitative estimate of drug-likeness (QED) is 0.383. The fourth-order valence-electron chi connectivity index (χ4n) is 2.27. The van der Waals surface area contributed by atoms with Crippen molar-refractivity contribution in [3.8, 4) is 0 Å². The number of hydrogen-bond acceptors (Lipinski definition) is 2. The molecule has 2 aromatic carbocycles. The molecule has 0 aliphatic heterocycles. The minimum absolute atomic E-state index is 0.0546. The summed E-state index contributed by atoms with van der Waals surface area (Å²) in [6, 6.07) is 17.1. The summed E-state index contributed by atoms with van der Waals surface area (Å²) in [7, 11) is 0. The number of rotatable bonds is 3. The van der Waals surface area contributed by atoms with Crippen molar-refractivity contribution in [2.24, 2.45) is 0 Å². The van der Waals surface area contributed by atoms with Crippen LogP contribution < -0.4 is 0 Å². The Kier molecular flexibility index (Phi) is 4.03. The molecule has 0 unspecified atom stereocenters. The fraction of sp³-hybridized carbons (Fsp3) is 0.0526. The second-order valence-electron chi connectivity index (χ2n) is 5.13. The Morgan fingerprint density at radius 1 is 1.09 bits per heavy atom. The van der Waals surface area contributed by atoms with Gasteiger partial charge >= 0.3 is 0 Å². The zero-order valence-corrected chi connectivity index (χ0v) is 12.8. The molecule has 3 heteroatoms. The van der Waals surface area contributed by atoms with E-state index in [1.54, 1.807) is 18.2 Å². The van der Waals surface area contributed by atoms with Gasteiger partial charge in [-0.25, -0.2) is 4.98 Å². The highest BCUT2D eigenvalue weighted by Crippen LogP contribution is 2.22. The first-order valence-electron chi connectivity index (χ1n) is 6.98. The average molecular weight is 308 g/mol. The van der Waals surface area contributed by atoms with Crippen molar-refractivity contribution in [3.05, 3.63) is 82.5 Å². The molecule has 0 atom stereocenters. The van der Waals surface area contributed by atoms with Crippen molar-refractivity contribution in [2.75, 3.05) is 0 Å². The Morgan fingerprint density at radius 2 is 1.86 bits per heavy atom. The first kappa shape index (κ1) is 14.5. The van der Waals surface area contributed by atoms with Gasteiger partial charge in [0.1, 0.15) is 5.15 Å². The number of pyridine rings is 1. The number of allylic oxidation sites excluding steroid dienone is 1. The van der Waals surface area contributed by atoms with Crippen LogP contribution in [0.4, 0.5) is 0 Å². The summed E-state index contributed by atoms with van der Waals surface area (Å²) < 4.78 is 0. The molecule has 0 aliphatic rings. The third-order valence-electron chi connectivity index (χ3n) is 3.42. The van der Waals surface area contributed by atoms with E-state index < -0.39 is 0 Å². The first-order chi connectivity index (χ1) is 10.6. The van der Waals surface area contributed by atoms with Crippen LogP contribution in [0.5, 0.6) is 0 Å². The largest absolute Gasteiger partial charge is 0.289 e. The van der Waals surface area contributed by atoms with Gasteiger partial charge in [0.25, 0.3) is 0 Å². The summed E-state index contributed by atoms with van der Waals surface area (Å²) in [5, 5.41) is 1.41. The summed E-state index contributed by atoms with van der Waals surface area (Å²) >= 11 is 6.20. The summed E-state index contributed by atoms with van der Waals surface area (Å²) in [4.78, 5) is 16.5. The average Bonchev–Trinajstić information content (AvgIpc) is 2.54. The number of fused-ring (bicyclic) bond motifs is 1. The second kappa shape index (κ2) is 6.12. The zero-order chi connectivity index (χ0) is 15.5. The molecule has 1 aromatic heterocycles. The predicted molar refractivity (Wildman–Crippen MR) is 91.3 cm³/mol. The molecule has 0 saturated carbocycles. The Bertz CT molecular complexity index is 869. The highest BCUT2D eigenvalue weighted by atomic mass is 35.5. The number of aromatic nitrogens is 1. The number of aryl methyl sites for hydroxylation is 1. The molecule has 0 fully saturated rings. The van der Waals surface area contributed by atoms with Crippen molar-refractivity contribution >= 4 is 34.4 Å². The molecule has 0 N–H and O–H groups in total. The van der Waals surface area contributed by atoms with Crippen LogP contribution in [0.2, 0.25) is 5.15 Å². The fourth-order valence-corrected chi connectivity index (χ4v) is 2.48. The van der Waals surface area contributed by atoms with E-state index in [1.165, 1.54) is 6.08 Å². The van der Waals surface area contributed by atoms with Gasteiger partial charge in [-0.15, -0.1) is 0 Å². The highest BCUT2D eigenvalue weighted by molar-refractivity contribution is 6.31. The number of carbonyl (C=O) groups is 1. The minimum Gasteiger partial charge on any atom is -0.289 e. The second-order valence-corrected chi connectivity index (χ2v) is 5.49. The van der Waals surface area contributed by atoms with E-state index in [-0.39, 0.29) is 5.78 Å². The maximum absolute atomic E-state index is 12.1. The normalized spacial score (nSPS) is 11.2. The summed E-state index contributed by atoms with van der Waals surface area (Å²) in [5.41, 5.74) is 3.40. The van der Waals surface area contributed by atoms with Gasteiger partial charge in [0.2, 0.25) is 0 Å². The monoisotopic (exact) mass is 307 g/mol. The number of ketones is 1. The highest BCUT2D eigenvalue weighted by Gasteiger charge is 2.04. The van der Waals surface area contributed by atoms with Gasteiger partial charge in [-0.05, 0) is 37.3 Å². The van der Waals surface area contributed by atoms with Gasteiger partial charge in [0, 0.05) is 16.5 Å². The Hall–Kier alpha value is -2.45. The number of carbonyl (C=O) groups excluding carboxylic acids is 1. The van der Waals surface area contributed by atoms with E-state index in [9.17, 15) is 4.79 Å². The lowest BCUT2D eigenvalue weighted by Gasteiger charge is -2.03. The molecule has 0 bridgehead atoms. The first-order valence-corrected chi connectivity index (χ1v) is 7.36. The molecule has 0 radical (unpaired) electrons. The topological polar surface area (TPSA) is 30.0 Å². The van der Waals surface area contributed by atoms with Gasteiger partial charge < -0.3 is 0 Å². The standard InChI is InChI=1S/C19H14ClNO/c1-13-7-9-17-16(11-13)12-15(19(20)21-17)8-10-18(22)14-5-3-2-4-6-14/h2-12H,1H3/b10-8+. The van der Waals surface area contributed by atoms with Crippen LogP contribution >= 0.6 is 11.6 Å². The number of benzene rings is 2. The van der Waals surface area contributed by atoms with E-state index in [2.05, 4.69) is 11.1 Å². The Labute approximate surface area is 134 Å². The van der Waals surface area contributed by atoms with Crippen LogP contribution in [0.3, 0.4) is 0 Å². The number of halogens is 1. The van der Waals surface area contributed by atoms with Crippen molar-refractivity contribution in [1.29, 1.82) is 0 Å². The zero-order valence-electron chi connectivity index (χ0n) is 12.1. The van der Waals surface area contributed by atoms with Crippen molar-refractivity contribution in [2.45, 2.75) is 6.92 Å². The molecular weight excluding hydrogens is 294 g/mol. The van der Waals surface area contributed by atoms with E-state index >= 15 is 0 Å². The molecule has 0 aliphatic carbocycles. The summed E-state index contributed by atoms with van der Waals surface area (Å²) in [5.74, 6) is -0.0546. The minimum atomic E-state index is -0.0546. The van der Waals surface area contributed by atoms with E-state index in [1.807, 2.05) is 43.3 Å². The van der Waals surface area contributed by atoms with Crippen LogP contribution in [0, 0.1) is 6.92 Å². The van der Waals surface area contributed by atoms with E-state index in [0.717, 1.165) is 22.0 Å². The van der Waals surface area contributed by atoms with Crippen LogP contribution in [-0.2, 0) is 0 Å². The molecule has 3 aromatic rings. The number of hydrogen-bond donors (Lipinski definition) is 0. The molecule has 3 rings (SSSR count). The Morgan fingerprint density at radius 3 is 2.64 bits per heavy atom. The lowest BCUT2D eigenvalue weighted by atomic mass is 10.1. The van der Waals surface area contributed by atoms with Gasteiger partial charge in [0.15, 0.2) is 5.78 Å². The van der Waals surface area contributed by atoms with Crippen molar-refractivity contribution < 1.29 is 4.79 Å². The van der Waals surface area contributed by atoms with E-state index in [4.69, 9.17) is 11.6 Å². The SMILES string of the molecule is Cc1ccc2nc(Cl)c(/C=C/C(=O)c3ccccc3)cc2c1. The molecular formula is C19H14ClNO. The molecule has 0 spiro atoms. The van der Waals surface area contributed by atoms with E-state index in [0.29, 0.717) is 10.7 Å². The number of nitrogens with zero attached hydrogens (tertiary/aromatic N) is 1. The molecule has 1 heterocycles. The molecule has 0 amide bonds. The molecule has 108 valence electrons. The molecule has 0 saturated heterocycles. The van der Waals surface area contributed by atoms with Crippen LogP contribution in [0.25, 0.3) is 17.0 Å². The van der Waals surface area contributed by atoms with Crippen LogP contribution in [0.15, 0.2) is 60.7 Å². The van der Waals surface area contributed by atoms with Gasteiger partial charge in [-0.2, -0.15) is 0 Å². The lowest BCUT2D eigenvalue weighted by molar-refractivity contribution is 0.104. The van der Waals surface area contributed by atoms with Crippen LogP contribution in [-0.4, -0.2) is 10.8 Å². The predicted octanol–water partition coefficient (Wildman–Crippen LogP) is 5.09. The maximum atomic E-state index is 12.1. The maximum Gasteiger partial charge on any atom is 0.185 e. The summed E-state index contributed by atoms with van der Waals surface area (Å²) in [6.07, 6.45) is 3.24. The smallest absolute Gasteiger partial charge is 0.185 e. The molecule has 2 nitrogen and oxygen atoms in total. The third kappa shape index (κ3) is 3.07. The lowest BCUT2D eigenvalue weighted by Crippen LogP contribution is -1.93. The summed E-state index contributed by atoms with van der Waals surface area (Å²) in [6.45, 7) is 2.03. The van der Waals surface area contributed by atoms with Gasteiger partial charge in [0.05, 0.1) is 5.52 Å². The molecule has 22 heavy (non-hydrogen) atoms. The Balaban J connectivity index is 1.94.